The summed E-state index contributed by atoms with van der Waals surface area (Å²) in [7, 11) is 0. The van der Waals surface area contributed by atoms with Crippen LogP contribution in [-0.2, 0) is 0 Å². The first-order valence-electron chi connectivity index (χ1n) is 8.28. The Labute approximate surface area is 153 Å². The summed E-state index contributed by atoms with van der Waals surface area (Å²) < 4.78 is 37.2. The number of halogens is 4. The van der Waals surface area contributed by atoms with E-state index >= 15 is 0 Å². The van der Waals surface area contributed by atoms with E-state index in [4.69, 9.17) is 0 Å². The molecule has 1 saturated heterocycles. The summed E-state index contributed by atoms with van der Waals surface area (Å²) in [6, 6.07) is 0.522. The predicted octanol–water partition coefficient (Wildman–Crippen LogP) is 2.98. The van der Waals surface area contributed by atoms with Crippen molar-refractivity contribution in [2.45, 2.75) is 57.8 Å². The van der Waals surface area contributed by atoms with Crippen LogP contribution in [0, 0.1) is 5.92 Å². The maximum absolute atomic E-state index is 12.4. The Balaban J connectivity index is 0.00000264. The Bertz CT molecular complexity index is 389. The largest absolute Gasteiger partial charge is 0.401 e. The van der Waals surface area contributed by atoms with Crippen molar-refractivity contribution in [2.75, 3.05) is 26.2 Å². The van der Waals surface area contributed by atoms with Crippen LogP contribution in [0.5, 0.6) is 0 Å². The Hall–Kier alpha value is -0.250. The highest BCUT2D eigenvalue weighted by Crippen LogP contribution is 2.34. The van der Waals surface area contributed by atoms with Crippen molar-refractivity contribution in [3.63, 3.8) is 0 Å². The molecule has 2 aliphatic rings. The van der Waals surface area contributed by atoms with Gasteiger partial charge in [0.2, 0.25) is 0 Å². The van der Waals surface area contributed by atoms with Crippen LogP contribution in [0.4, 0.5) is 13.2 Å². The smallest absolute Gasteiger partial charge is 0.353 e. The van der Waals surface area contributed by atoms with E-state index in [1.54, 1.807) is 0 Å². The summed E-state index contributed by atoms with van der Waals surface area (Å²) in [5, 5.41) is 6.71. The fourth-order valence-corrected chi connectivity index (χ4v) is 3.12. The van der Waals surface area contributed by atoms with Gasteiger partial charge in [-0.25, -0.2) is 0 Å². The summed E-state index contributed by atoms with van der Waals surface area (Å²) in [6.45, 7) is 4.90. The minimum atomic E-state index is -4.12. The summed E-state index contributed by atoms with van der Waals surface area (Å²) >= 11 is 0. The summed E-state index contributed by atoms with van der Waals surface area (Å²) in [6.07, 6.45) is 0.187. The first-order valence-corrected chi connectivity index (χ1v) is 8.28. The van der Waals surface area contributed by atoms with E-state index < -0.39 is 12.7 Å². The quantitative estimate of drug-likeness (QED) is 0.373. The molecular weight excluding hydrogens is 420 g/mol. The number of aliphatic imine (C=N–C) groups is 1. The van der Waals surface area contributed by atoms with Gasteiger partial charge in [0.1, 0.15) is 0 Å². The molecule has 0 aromatic heterocycles. The third kappa shape index (κ3) is 7.45. The number of nitrogens with zero attached hydrogens (tertiary/aromatic N) is 2. The van der Waals surface area contributed by atoms with Gasteiger partial charge in [0.15, 0.2) is 5.96 Å². The Morgan fingerprint density at radius 2 is 2.00 bits per heavy atom. The van der Waals surface area contributed by atoms with Crippen LogP contribution in [0.2, 0.25) is 0 Å². The lowest BCUT2D eigenvalue weighted by Gasteiger charge is -2.20. The van der Waals surface area contributed by atoms with E-state index in [0.29, 0.717) is 25.7 Å². The maximum atomic E-state index is 12.4. The topological polar surface area (TPSA) is 39.7 Å². The van der Waals surface area contributed by atoms with E-state index in [1.807, 2.05) is 6.92 Å². The fraction of sp³-hybridized carbons (Fsp3) is 0.933. The lowest BCUT2D eigenvalue weighted by atomic mass is 10.2. The van der Waals surface area contributed by atoms with Crippen molar-refractivity contribution in [1.82, 2.24) is 15.5 Å². The molecular formula is C15H28F3IN4. The Kier molecular flexibility index (Phi) is 8.40. The second kappa shape index (κ2) is 9.29. The van der Waals surface area contributed by atoms with E-state index in [1.165, 1.54) is 24.2 Å². The Morgan fingerprint density at radius 1 is 1.26 bits per heavy atom. The van der Waals surface area contributed by atoms with Gasteiger partial charge in [0.25, 0.3) is 0 Å². The molecule has 0 radical (unpaired) electrons. The van der Waals surface area contributed by atoms with Crippen LogP contribution in [0.3, 0.4) is 0 Å². The molecule has 3 atom stereocenters. The minimum Gasteiger partial charge on any atom is -0.353 e. The van der Waals surface area contributed by atoms with Gasteiger partial charge < -0.3 is 10.6 Å². The van der Waals surface area contributed by atoms with Crippen molar-refractivity contribution >= 4 is 29.9 Å². The molecule has 1 aliphatic heterocycles. The van der Waals surface area contributed by atoms with Gasteiger partial charge in [-0.2, -0.15) is 13.2 Å². The second-order valence-corrected chi connectivity index (χ2v) is 6.34. The molecule has 2 fully saturated rings. The van der Waals surface area contributed by atoms with Crippen LogP contribution in [-0.4, -0.2) is 55.3 Å². The molecule has 0 spiro atoms. The zero-order valence-corrected chi connectivity index (χ0v) is 16.2. The second-order valence-electron chi connectivity index (χ2n) is 6.34. The SMILES string of the molecule is CCCC1CC1NC(=NCC)NC1CCN(CC(F)(F)F)C1.I. The molecule has 2 N–H and O–H groups in total. The number of alkyl halides is 3. The highest BCUT2D eigenvalue weighted by Gasteiger charge is 2.38. The van der Waals surface area contributed by atoms with Crippen molar-refractivity contribution in [3.05, 3.63) is 0 Å². The van der Waals surface area contributed by atoms with Crippen LogP contribution >= 0.6 is 24.0 Å². The first kappa shape index (κ1) is 20.8. The lowest BCUT2D eigenvalue weighted by Crippen LogP contribution is -2.46. The molecule has 2 rings (SSSR count). The van der Waals surface area contributed by atoms with Gasteiger partial charge >= 0.3 is 6.18 Å². The standard InChI is InChI=1S/C15H27F3N4.HI/c1-3-5-11-8-13(11)21-14(19-4-2)20-12-6-7-22(9-12)10-15(16,17)18;/h11-13H,3-10H2,1-2H3,(H2,19,20,21);1H. The average Bonchev–Trinajstić information content (AvgIpc) is 2.97. The number of guanidine groups is 1. The monoisotopic (exact) mass is 448 g/mol. The third-order valence-electron chi connectivity index (χ3n) is 4.24. The molecule has 1 heterocycles. The van der Waals surface area contributed by atoms with Gasteiger partial charge in [-0.15, -0.1) is 24.0 Å². The molecule has 0 aromatic carbocycles. The molecule has 0 amide bonds. The van der Waals surface area contributed by atoms with Crippen molar-refractivity contribution in [3.8, 4) is 0 Å². The van der Waals surface area contributed by atoms with Gasteiger partial charge in [0.05, 0.1) is 6.54 Å². The normalized spacial score (nSPS) is 28.4. The van der Waals surface area contributed by atoms with Crippen molar-refractivity contribution in [1.29, 1.82) is 0 Å². The molecule has 0 bridgehead atoms. The first-order chi connectivity index (χ1) is 10.4. The number of rotatable bonds is 6. The molecule has 1 saturated carbocycles. The van der Waals surface area contributed by atoms with E-state index in [-0.39, 0.29) is 30.0 Å². The predicted molar refractivity (Wildman–Crippen MR) is 97.4 cm³/mol. The van der Waals surface area contributed by atoms with Crippen LogP contribution in [0.15, 0.2) is 4.99 Å². The summed E-state index contributed by atoms with van der Waals surface area (Å²) in [4.78, 5) is 5.87. The number of hydrogen-bond donors (Lipinski definition) is 2. The fourth-order valence-electron chi connectivity index (χ4n) is 3.12. The Morgan fingerprint density at radius 3 is 2.61 bits per heavy atom. The average molecular weight is 448 g/mol. The van der Waals surface area contributed by atoms with Crippen LogP contribution < -0.4 is 10.6 Å². The summed E-state index contributed by atoms with van der Waals surface area (Å²) in [5.74, 6) is 1.48. The van der Waals surface area contributed by atoms with Gasteiger partial charge in [-0.1, -0.05) is 13.3 Å². The van der Waals surface area contributed by atoms with Crippen LogP contribution in [0.1, 0.15) is 39.5 Å². The third-order valence-corrected chi connectivity index (χ3v) is 4.24. The maximum Gasteiger partial charge on any atom is 0.401 e. The zero-order chi connectivity index (χ0) is 16.2. The van der Waals surface area contributed by atoms with E-state index in [9.17, 15) is 13.2 Å². The molecule has 136 valence electrons. The van der Waals surface area contributed by atoms with E-state index in [0.717, 1.165) is 18.3 Å². The van der Waals surface area contributed by atoms with Gasteiger partial charge in [-0.05, 0) is 32.1 Å². The van der Waals surface area contributed by atoms with Crippen molar-refractivity contribution in [2.24, 2.45) is 10.9 Å². The minimum absolute atomic E-state index is 0. The molecule has 3 unspecified atom stereocenters. The van der Waals surface area contributed by atoms with Gasteiger partial charge in [0, 0.05) is 31.7 Å². The highest BCUT2D eigenvalue weighted by molar-refractivity contribution is 14.0. The number of hydrogen-bond acceptors (Lipinski definition) is 2. The number of nitrogens with one attached hydrogen (secondary N) is 2. The zero-order valence-electron chi connectivity index (χ0n) is 13.8. The number of likely N-dealkylation sites (tertiary alicyclic amines) is 1. The molecule has 0 aromatic rings. The molecule has 1 aliphatic carbocycles. The van der Waals surface area contributed by atoms with Crippen LogP contribution in [0.25, 0.3) is 0 Å². The van der Waals surface area contributed by atoms with Crippen molar-refractivity contribution < 1.29 is 13.2 Å². The molecule has 23 heavy (non-hydrogen) atoms. The molecule has 8 heteroatoms. The molecule has 4 nitrogen and oxygen atoms in total. The summed E-state index contributed by atoms with van der Waals surface area (Å²) in [5.41, 5.74) is 0. The highest BCUT2D eigenvalue weighted by atomic mass is 127. The lowest BCUT2D eigenvalue weighted by molar-refractivity contribution is -0.143. The van der Waals surface area contributed by atoms with Gasteiger partial charge in [-0.3, -0.25) is 9.89 Å². The van der Waals surface area contributed by atoms with E-state index in [2.05, 4.69) is 22.5 Å².